The van der Waals surface area contributed by atoms with Crippen molar-refractivity contribution in [2.75, 3.05) is 6.26 Å². The van der Waals surface area contributed by atoms with Gasteiger partial charge in [-0.15, -0.1) is 11.3 Å². The molecule has 0 aromatic carbocycles. The first-order chi connectivity index (χ1) is 10.2. The molecule has 0 fully saturated rings. The lowest BCUT2D eigenvalue weighted by Gasteiger charge is -2.04. The Morgan fingerprint density at radius 1 is 1.38 bits per heavy atom. The lowest BCUT2D eigenvalue weighted by atomic mass is 10.4. The van der Waals surface area contributed by atoms with Crippen LogP contribution in [0.5, 0.6) is 11.6 Å². The van der Waals surface area contributed by atoms with Crippen molar-refractivity contribution < 1.29 is 9.66 Å². The van der Waals surface area contributed by atoms with Gasteiger partial charge in [-0.1, -0.05) is 11.8 Å². The standard InChI is InChI=1S/C11H7N5O3S2/c1-20-11-15-8-7(21-11)10(14-5-13-8)19-6-3-2-4-12-9(6)16(17)18/h2-5H,1H3. The number of fused-ring (bicyclic) bond motifs is 1. The second-order valence-electron chi connectivity index (χ2n) is 3.70. The molecule has 0 aliphatic heterocycles. The molecule has 0 saturated heterocycles. The maximum absolute atomic E-state index is 10.9. The number of nitro groups is 1. The number of hydrogen-bond acceptors (Lipinski definition) is 9. The molecule has 0 saturated carbocycles. The van der Waals surface area contributed by atoms with Gasteiger partial charge in [0.05, 0.1) is 0 Å². The zero-order valence-corrected chi connectivity index (χ0v) is 12.2. The largest absolute Gasteiger partial charge is 0.428 e. The van der Waals surface area contributed by atoms with E-state index in [2.05, 4.69) is 19.9 Å². The van der Waals surface area contributed by atoms with Crippen LogP contribution in [0.2, 0.25) is 0 Å². The predicted molar refractivity (Wildman–Crippen MR) is 78.0 cm³/mol. The Hall–Kier alpha value is -2.33. The van der Waals surface area contributed by atoms with Crippen molar-refractivity contribution >= 4 is 39.3 Å². The summed E-state index contributed by atoms with van der Waals surface area (Å²) in [6.07, 6.45) is 4.54. The van der Waals surface area contributed by atoms with Crippen LogP contribution in [0.3, 0.4) is 0 Å². The molecule has 106 valence electrons. The summed E-state index contributed by atoms with van der Waals surface area (Å²) in [5.41, 5.74) is 0.501. The number of ether oxygens (including phenoxy) is 1. The summed E-state index contributed by atoms with van der Waals surface area (Å²) in [7, 11) is 0. The molecule has 0 atom stereocenters. The van der Waals surface area contributed by atoms with Gasteiger partial charge >= 0.3 is 5.82 Å². The quantitative estimate of drug-likeness (QED) is 0.410. The van der Waals surface area contributed by atoms with E-state index in [1.807, 2.05) is 6.26 Å². The number of pyridine rings is 1. The van der Waals surface area contributed by atoms with Gasteiger partial charge in [-0.05, 0) is 28.3 Å². The van der Waals surface area contributed by atoms with Crippen molar-refractivity contribution in [2.45, 2.75) is 4.34 Å². The molecule has 0 aliphatic rings. The van der Waals surface area contributed by atoms with E-state index in [0.717, 1.165) is 4.34 Å². The molecule has 0 bridgehead atoms. The number of thiazole rings is 1. The van der Waals surface area contributed by atoms with E-state index in [1.54, 1.807) is 6.07 Å². The lowest BCUT2D eigenvalue weighted by Crippen LogP contribution is -1.97. The van der Waals surface area contributed by atoms with E-state index in [-0.39, 0.29) is 17.4 Å². The third-order valence-electron chi connectivity index (χ3n) is 2.44. The molecule has 3 rings (SSSR count). The Labute approximate surface area is 126 Å². The Morgan fingerprint density at radius 2 is 2.24 bits per heavy atom. The fourth-order valence-corrected chi connectivity index (χ4v) is 3.02. The summed E-state index contributed by atoms with van der Waals surface area (Å²) in [5.74, 6) is -0.102. The minimum absolute atomic E-state index is 0.0293. The zero-order valence-electron chi connectivity index (χ0n) is 10.6. The van der Waals surface area contributed by atoms with Crippen molar-refractivity contribution in [1.29, 1.82) is 0 Å². The van der Waals surface area contributed by atoms with Crippen molar-refractivity contribution in [3.05, 3.63) is 34.8 Å². The van der Waals surface area contributed by atoms with Gasteiger partial charge in [0, 0.05) is 0 Å². The second kappa shape index (κ2) is 5.58. The molecule has 3 aromatic heterocycles. The monoisotopic (exact) mass is 321 g/mol. The Morgan fingerprint density at radius 3 is 3.00 bits per heavy atom. The molecule has 0 spiro atoms. The van der Waals surface area contributed by atoms with Crippen LogP contribution in [0, 0.1) is 10.1 Å². The van der Waals surface area contributed by atoms with E-state index >= 15 is 0 Å². The lowest BCUT2D eigenvalue weighted by molar-refractivity contribution is -0.390. The molecule has 0 radical (unpaired) electrons. The van der Waals surface area contributed by atoms with Gasteiger partial charge in [0.2, 0.25) is 11.6 Å². The maximum atomic E-state index is 10.9. The fourth-order valence-electron chi connectivity index (χ4n) is 1.58. The average molecular weight is 321 g/mol. The van der Waals surface area contributed by atoms with E-state index in [4.69, 9.17) is 4.74 Å². The van der Waals surface area contributed by atoms with Crippen LogP contribution in [-0.2, 0) is 0 Å². The van der Waals surface area contributed by atoms with Gasteiger partial charge in [0.15, 0.2) is 9.99 Å². The zero-order chi connectivity index (χ0) is 14.8. The molecule has 21 heavy (non-hydrogen) atoms. The SMILES string of the molecule is CSc1nc2ncnc(Oc3cccnc3[N+](=O)[O-])c2s1. The highest BCUT2D eigenvalue weighted by atomic mass is 32.2. The van der Waals surface area contributed by atoms with Crippen LogP contribution in [0.1, 0.15) is 0 Å². The summed E-state index contributed by atoms with van der Waals surface area (Å²) in [4.78, 5) is 26.4. The molecular formula is C11H7N5O3S2. The third kappa shape index (κ3) is 2.62. The van der Waals surface area contributed by atoms with Gasteiger partial charge in [-0.2, -0.15) is 0 Å². The van der Waals surface area contributed by atoms with Crippen molar-refractivity contribution in [3.63, 3.8) is 0 Å². The minimum atomic E-state index is -0.603. The van der Waals surface area contributed by atoms with Crippen LogP contribution in [0.15, 0.2) is 29.0 Å². The molecule has 0 aliphatic carbocycles. The molecular weight excluding hydrogens is 314 g/mol. The van der Waals surface area contributed by atoms with Gasteiger partial charge in [0.25, 0.3) is 0 Å². The third-order valence-corrected chi connectivity index (χ3v) is 4.46. The summed E-state index contributed by atoms with van der Waals surface area (Å²) in [6.45, 7) is 0. The molecule has 10 heteroatoms. The smallest absolute Gasteiger partial charge is 0.406 e. The average Bonchev–Trinajstić information content (AvgIpc) is 2.92. The van der Waals surface area contributed by atoms with E-state index in [1.165, 1.54) is 41.7 Å². The Kier molecular flexibility index (Phi) is 3.62. The number of hydrogen-bond donors (Lipinski definition) is 0. The summed E-state index contributed by atoms with van der Waals surface area (Å²) < 4.78 is 7.00. The van der Waals surface area contributed by atoms with Gasteiger partial charge in [-0.3, -0.25) is 0 Å². The van der Waals surface area contributed by atoms with Crippen molar-refractivity contribution in [3.8, 4) is 11.6 Å². The second-order valence-corrected chi connectivity index (χ2v) is 5.75. The van der Waals surface area contributed by atoms with E-state index in [0.29, 0.717) is 10.3 Å². The maximum Gasteiger partial charge on any atom is 0.406 e. The van der Waals surface area contributed by atoms with Gasteiger partial charge in [-0.25, -0.2) is 15.0 Å². The van der Waals surface area contributed by atoms with Crippen LogP contribution < -0.4 is 4.74 Å². The first-order valence-electron chi connectivity index (χ1n) is 5.62. The Balaban J connectivity index is 2.06. The molecule has 3 aromatic rings. The topological polar surface area (TPSA) is 104 Å². The van der Waals surface area contributed by atoms with Crippen LogP contribution in [0.4, 0.5) is 5.82 Å². The molecule has 3 heterocycles. The Bertz CT molecular complexity index is 822. The summed E-state index contributed by atoms with van der Waals surface area (Å²) in [6, 6.07) is 3.02. The van der Waals surface area contributed by atoms with E-state index < -0.39 is 4.92 Å². The van der Waals surface area contributed by atoms with Gasteiger partial charge < -0.3 is 14.9 Å². The first-order valence-corrected chi connectivity index (χ1v) is 7.66. The minimum Gasteiger partial charge on any atom is -0.428 e. The van der Waals surface area contributed by atoms with Crippen molar-refractivity contribution in [2.24, 2.45) is 0 Å². The highest BCUT2D eigenvalue weighted by Gasteiger charge is 2.19. The van der Waals surface area contributed by atoms with Crippen LogP contribution >= 0.6 is 23.1 Å². The number of aromatic nitrogens is 4. The highest BCUT2D eigenvalue weighted by molar-refractivity contribution is 8.00. The van der Waals surface area contributed by atoms with Crippen molar-refractivity contribution in [1.82, 2.24) is 19.9 Å². The molecule has 8 nitrogen and oxygen atoms in total. The predicted octanol–water partition coefficient (Wildman–Crippen LogP) is 2.90. The summed E-state index contributed by atoms with van der Waals surface area (Å²) >= 11 is 2.85. The molecule has 0 amide bonds. The first kappa shape index (κ1) is 13.6. The molecule has 0 unspecified atom stereocenters. The molecule has 0 N–H and O–H groups in total. The van der Waals surface area contributed by atoms with Crippen LogP contribution in [-0.4, -0.2) is 31.1 Å². The highest BCUT2D eigenvalue weighted by Crippen LogP contribution is 2.36. The van der Waals surface area contributed by atoms with Gasteiger partial charge in [0.1, 0.15) is 17.2 Å². The fraction of sp³-hybridized carbons (Fsp3) is 0.0909. The number of rotatable bonds is 4. The van der Waals surface area contributed by atoms with E-state index in [9.17, 15) is 10.1 Å². The number of thioether (sulfide) groups is 1. The summed E-state index contributed by atoms with van der Waals surface area (Å²) in [5, 5.41) is 10.9. The van der Waals surface area contributed by atoms with Crippen LogP contribution in [0.25, 0.3) is 10.3 Å². The number of nitrogens with zero attached hydrogens (tertiary/aromatic N) is 5. The normalized spacial score (nSPS) is 10.7.